The van der Waals surface area contributed by atoms with Crippen LogP contribution in [-0.2, 0) is 9.47 Å². The van der Waals surface area contributed by atoms with E-state index in [-0.39, 0.29) is 18.2 Å². The van der Waals surface area contributed by atoms with Gasteiger partial charge in [0.1, 0.15) is 5.60 Å². The van der Waals surface area contributed by atoms with E-state index in [4.69, 9.17) is 21.1 Å². The van der Waals surface area contributed by atoms with E-state index in [1.807, 2.05) is 44.7 Å². The zero-order valence-corrected chi connectivity index (χ0v) is 15.4. The normalized spacial score (nSPS) is 23.7. The summed E-state index contributed by atoms with van der Waals surface area (Å²) < 4.78 is 11.2. The predicted molar refractivity (Wildman–Crippen MR) is 95.3 cm³/mol. The highest BCUT2D eigenvalue weighted by Crippen LogP contribution is 2.36. The Morgan fingerprint density at radius 2 is 2.08 bits per heavy atom. The molecule has 0 aliphatic carbocycles. The summed E-state index contributed by atoms with van der Waals surface area (Å²) in [4.78, 5) is 14.4. The second kappa shape index (κ2) is 6.41. The number of carbonyl (C=O) groups is 1. The van der Waals surface area contributed by atoms with Crippen molar-refractivity contribution in [2.45, 2.75) is 51.8 Å². The van der Waals surface area contributed by atoms with Gasteiger partial charge in [0.2, 0.25) is 0 Å². The topological polar surface area (TPSA) is 38.8 Å². The van der Waals surface area contributed by atoms with Crippen LogP contribution in [0.3, 0.4) is 0 Å². The van der Waals surface area contributed by atoms with Crippen molar-refractivity contribution in [1.29, 1.82) is 0 Å². The Balaban J connectivity index is 1.90. The van der Waals surface area contributed by atoms with Crippen LogP contribution in [0.5, 0.6) is 0 Å². The molecule has 2 heterocycles. The second-order valence-electron chi connectivity index (χ2n) is 7.45. The second-order valence-corrected chi connectivity index (χ2v) is 7.86. The van der Waals surface area contributed by atoms with Crippen LogP contribution in [0.25, 0.3) is 5.57 Å². The number of halogens is 1. The first-order valence-corrected chi connectivity index (χ1v) is 8.69. The maximum atomic E-state index is 12.6. The standard InChI is InChI=1S/C19H24ClNO3/c1-12-16(6-5-7-17(12)20)13-8-14-10-23-11-15(9-13)21(14)18(22)24-19(2,3)4/h5-8,14-15H,9-11H2,1-4H3. The number of morpholine rings is 1. The first-order chi connectivity index (χ1) is 11.3. The summed E-state index contributed by atoms with van der Waals surface area (Å²) in [5.74, 6) is 0. The SMILES string of the molecule is Cc1c(Cl)cccc1C1=CC2COCC(C1)N2C(=O)OC(C)(C)C. The number of nitrogens with zero attached hydrogens (tertiary/aromatic N) is 1. The van der Waals surface area contributed by atoms with Crippen LogP contribution < -0.4 is 0 Å². The first kappa shape index (κ1) is 17.3. The van der Waals surface area contributed by atoms with Gasteiger partial charge in [-0.3, -0.25) is 4.90 Å². The van der Waals surface area contributed by atoms with Crippen molar-refractivity contribution in [3.8, 4) is 0 Å². The molecule has 130 valence electrons. The third kappa shape index (κ3) is 3.45. The highest BCUT2D eigenvalue weighted by molar-refractivity contribution is 6.31. The Morgan fingerprint density at radius 1 is 1.33 bits per heavy atom. The average Bonchev–Trinajstić information content (AvgIpc) is 2.47. The van der Waals surface area contributed by atoms with E-state index in [0.717, 1.165) is 22.6 Å². The molecule has 0 N–H and O–H groups in total. The van der Waals surface area contributed by atoms with Crippen molar-refractivity contribution in [2.24, 2.45) is 0 Å². The molecule has 4 nitrogen and oxygen atoms in total. The average molecular weight is 350 g/mol. The Kier molecular flexibility index (Phi) is 4.63. The molecular weight excluding hydrogens is 326 g/mol. The highest BCUT2D eigenvalue weighted by atomic mass is 35.5. The largest absolute Gasteiger partial charge is 0.444 e. The maximum absolute atomic E-state index is 12.6. The van der Waals surface area contributed by atoms with Gasteiger partial charge in [-0.25, -0.2) is 4.79 Å². The van der Waals surface area contributed by atoms with Crippen molar-refractivity contribution in [1.82, 2.24) is 4.90 Å². The van der Waals surface area contributed by atoms with Gasteiger partial charge in [0, 0.05) is 5.02 Å². The van der Waals surface area contributed by atoms with E-state index >= 15 is 0 Å². The van der Waals surface area contributed by atoms with E-state index in [2.05, 4.69) is 12.1 Å². The minimum absolute atomic E-state index is 0.00279. The van der Waals surface area contributed by atoms with Crippen LogP contribution in [0.4, 0.5) is 4.79 Å². The summed E-state index contributed by atoms with van der Waals surface area (Å²) >= 11 is 6.27. The van der Waals surface area contributed by atoms with Crippen LogP contribution in [0.1, 0.15) is 38.3 Å². The van der Waals surface area contributed by atoms with E-state index in [9.17, 15) is 4.79 Å². The Bertz CT molecular complexity index is 678. The van der Waals surface area contributed by atoms with Gasteiger partial charge in [-0.2, -0.15) is 0 Å². The molecule has 24 heavy (non-hydrogen) atoms. The fourth-order valence-corrected chi connectivity index (χ4v) is 3.52. The number of benzene rings is 1. The van der Waals surface area contributed by atoms with Crippen LogP contribution >= 0.6 is 11.6 Å². The molecule has 2 unspecified atom stereocenters. The van der Waals surface area contributed by atoms with Gasteiger partial charge in [0.15, 0.2) is 0 Å². The number of rotatable bonds is 1. The summed E-state index contributed by atoms with van der Waals surface area (Å²) in [5.41, 5.74) is 2.96. The van der Waals surface area contributed by atoms with Crippen molar-refractivity contribution in [2.75, 3.05) is 13.2 Å². The summed E-state index contributed by atoms with van der Waals surface area (Å²) in [5, 5.41) is 0.768. The molecule has 5 heteroatoms. The van der Waals surface area contributed by atoms with Gasteiger partial charge in [-0.05, 0) is 56.9 Å². The molecule has 0 saturated carbocycles. The molecule has 2 aliphatic rings. The highest BCUT2D eigenvalue weighted by Gasteiger charge is 2.40. The summed E-state index contributed by atoms with van der Waals surface area (Å²) in [6, 6.07) is 5.86. The van der Waals surface area contributed by atoms with Crippen LogP contribution in [0.2, 0.25) is 5.02 Å². The minimum Gasteiger partial charge on any atom is -0.444 e. The number of fused-ring (bicyclic) bond motifs is 2. The Hall–Kier alpha value is -1.52. The number of carbonyl (C=O) groups excluding carboxylic acids is 1. The quantitative estimate of drug-likeness (QED) is 0.752. The lowest BCUT2D eigenvalue weighted by atomic mass is 9.88. The van der Waals surface area contributed by atoms with Crippen LogP contribution in [0.15, 0.2) is 24.3 Å². The molecule has 0 aromatic heterocycles. The summed E-state index contributed by atoms with van der Waals surface area (Å²) in [6.45, 7) is 8.73. The molecule has 1 fully saturated rings. The molecule has 1 saturated heterocycles. The smallest absolute Gasteiger partial charge is 0.411 e. The van der Waals surface area contributed by atoms with Crippen molar-refractivity contribution in [3.05, 3.63) is 40.4 Å². The molecule has 0 spiro atoms. The zero-order chi connectivity index (χ0) is 17.5. The van der Waals surface area contributed by atoms with E-state index in [1.54, 1.807) is 0 Å². The van der Waals surface area contributed by atoms with Gasteiger partial charge < -0.3 is 9.47 Å². The fourth-order valence-electron chi connectivity index (χ4n) is 3.35. The van der Waals surface area contributed by atoms with Gasteiger partial charge in [0.05, 0.1) is 25.3 Å². The molecule has 1 aromatic rings. The van der Waals surface area contributed by atoms with E-state index < -0.39 is 5.60 Å². The van der Waals surface area contributed by atoms with Crippen molar-refractivity contribution >= 4 is 23.3 Å². The monoisotopic (exact) mass is 349 g/mol. The maximum Gasteiger partial charge on any atom is 0.411 e. The molecule has 3 rings (SSSR count). The fraction of sp³-hybridized carbons (Fsp3) is 0.526. The van der Waals surface area contributed by atoms with E-state index in [0.29, 0.717) is 13.2 Å². The third-order valence-corrected chi connectivity index (χ3v) is 4.83. The third-order valence-electron chi connectivity index (χ3n) is 4.42. The molecule has 1 amide bonds. The number of hydrogen-bond donors (Lipinski definition) is 0. The number of ether oxygens (including phenoxy) is 2. The van der Waals surface area contributed by atoms with Gasteiger partial charge in [0.25, 0.3) is 0 Å². The van der Waals surface area contributed by atoms with Crippen LogP contribution in [0, 0.1) is 6.92 Å². The van der Waals surface area contributed by atoms with Gasteiger partial charge in [-0.15, -0.1) is 0 Å². The number of hydrogen-bond acceptors (Lipinski definition) is 3. The zero-order valence-electron chi connectivity index (χ0n) is 14.6. The van der Waals surface area contributed by atoms with Gasteiger partial charge >= 0.3 is 6.09 Å². The summed E-state index contributed by atoms with van der Waals surface area (Å²) in [6.07, 6.45) is 2.61. The molecule has 0 radical (unpaired) electrons. The van der Waals surface area contributed by atoms with Gasteiger partial charge in [-0.1, -0.05) is 29.8 Å². The van der Waals surface area contributed by atoms with Crippen LogP contribution in [-0.4, -0.2) is 41.9 Å². The lowest BCUT2D eigenvalue weighted by Gasteiger charge is -2.44. The molecule has 2 atom stereocenters. The van der Waals surface area contributed by atoms with Crippen molar-refractivity contribution in [3.63, 3.8) is 0 Å². The lowest BCUT2D eigenvalue weighted by Crippen LogP contribution is -2.57. The Labute approximate surface area is 148 Å². The minimum atomic E-state index is -0.500. The van der Waals surface area contributed by atoms with Crippen molar-refractivity contribution < 1.29 is 14.3 Å². The molecular formula is C19H24ClNO3. The first-order valence-electron chi connectivity index (χ1n) is 8.31. The Morgan fingerprint density at radius 3 is 2.75 bits per heavy atom. The summed E-state index contributed by atoms with van der Waals surface area (Å²) in [7, 11) is 0. The molecule has 1 aromatic carbocycles. The van der Waals surface area contributed by atoms with E-state index in [1.165, 1.54) is 5.57 Å². The number of amides is 1. The molecule has 2 aliphatic heterocycles. The lowest BCUT2D eigenvalue weighted by molar-refractivity contribution is -0.0510. The predicted octanol–water partition coefficient (Wildman–Crippen LogP) is 4.44. The molecule has 2 bridgehead atoms.